The number of benzene rings is 2. The maximum atomic E-state index is 13.8. The van der Waals surface area contributed by atoms with Crippen LogP contribution in [0.25, 0.3) is 11.1 Å². The van der Waals surface area contributed by atoms with E-state index >= 15 is 0 Å². The number of hydrazine groups is 1. The van der Waals surface area contributed by atoms with Crippen LogP contribution in [0.4, 0.5) is 21.0 Å². The number of anilines is 2. The van der Waals surface area contributed by atoms with Crippen LogP contribution in [-0.4, -0.2) is 60.4 Å². The number of ether oxygens (including phenoxy) is 2. The molecule has 9 nitrogen and oxygen atoms in total. The largest absolute Gasteiger partial charge is 0.444 e. The summed E-state index contributed by atoms with van der Waals surface area (Å²) in [6, 6.07) is 19.1. The van der Waals surface area contributed by atoms with E-state index in [-0.39, 0.29) is 12.0 Å². The summed E-state index contributed by atoms with van der Waals surface area (Å²) in [6.07, 6.45) is -1.05. The lowest BCUT2D eigenvalue weighted by Crippen LogP contribution is -2.50. The molecular weight excluding hydrogens is 540 g/mol. The molecule has 0 spiro atoms. The minimum absolute atomic E-state index is 0.320. The number of rotatable bonds is 4. The molecule has 3 aromatic rings. The number of hydrogen-bond acceptors (Lipinski definition) is 7. The number of nitrogens with one attached hydrogen (secondary N) is 1. The lowest BCUT2D eigenvalue weighted by molar-refractivity contribution is 0.0240. The molecule has 1 aliphatic rings. The van der Waals surface area contributed by atoms with E-state index in [9.17, 15) is 14.4 Å². The second kappa shape index (κ2) is 12.2. The Morgan fingerprint density at radius 1 is 0.805 bits per heavy atom. The Balaban J connectivity index is 1.53. The summed E-state index contributed by atoms with van der Waals surface area (Å²) in [4.78, 5) is 43.4. The number of amides is 3. The topological polar surface area (TPSA) is 91.4 Å². The summed E-state index contributed by atoms with van der Waals surface area (Å²) >= 11 is 1.30. The highest BCUT2D eigenvalue weighted by Crippen LogP contribution is 2.29. The molecule has 1 fully saturated rings. The number of thiophene rings is 1. The molecule has 0 radical (unpaired) electrons. The molecule has 1 aliphatic heterocycles. The van der Waals surface area contributed by atoms with Gasteiger partial charge in [0.2, 0.25) is 0 Å². The maximum Gasteiger partial charge on any atom is 0.427 e. The Bertz CT molecular complexity index is 1370. The lowest BCUT2D eigenvalue weighted by Gasteiger charge is -2.36. The van der Waals surface area contributed by atoms with Gasteiger partial charge in [-0.05, 0) is 70.9 Å². The molecule has 0 aliphatic carbocycles. The van der Waals surface area contributed by atoms with E-state index in [1.165, 1.54) is 16.3 Å². The van der Waals surface area contributed by atoms with Crippen molar-refractivity contribution in [2.24, 2.45) is 0 Å². The third-order valence-corrected chi connectivity index (χ3v) is 7.02. The van der Waals surface area contributed by atoms with Gasteiger partial charge in [-0.25, -0.2) is 20.0 Å². The molecule has 1 aromatic heterocycles. The molecule has 1 N–H and O–H groups in total. The van der Waals surface area contributed by atoms with Gasteiger partial charge in [0.05, 0.1) is 10.6 Å². The monoisotopic (exact) mass is 578 g/mol. The minimum atomic E-state index is -0.734. The molecule has 0 unspecified atom stereocenters. The van der Waals surface area contributed by atoms with Crippen LogP contribution in [0.2, 0.25) is 0 Å². The van der Waals surface area contributed by atoms with Gasteiger partial charge in [-0.2, -0.15) is 0 Å². The molecule has 0 atom stereocenters. The summed E-state index contributed by atoms with van der Waals surface area (Å²) < 4.78 is 11.0. The Morgan fingerprint density at radius 2 is 1.44 bits per heavy atom. The van der Waals surface area contributed by atoms with Crippen molar-refractivity contribution in [3.63, 3.8) is 0 Å². The van der Waals surface area contributed by atoms with Crippen LogP contribution in [0.15, 0.2) is 66.0 Å². The number of carbonyl (C=O) groups is 3. The van der Waals surface area contributed by atoms with Gasteiger partial charge in [-0.1, -0.05) is 42.5 Å². The number of piperazine rings is 1. The van der Waals surface area contributed by atoms with E-state index in [0.29, 0.717) is 36.7 Å². The van der Waals surface area contributed by atoms with Gasteiger partial charge in [0.1, 0.15) is 11.2 Å². The molecule has 0 bridgehead atoms. The van der Waals surface area contributed by atoms with Gasteiger partial charge in [-0.15, -0.1) is 11.3 Å². The third-order valence-electron chi connectivity index (χ3n) is 6.11. The molecule has 1 saturated heterocycles. The highest BCUT2D eigenvalue weighted by atomic mass is 32.1. The van der Waals surface area contributed by atoms with Gasteiger partial charge in [0.15, 0.2) is 0 Å². The zero-order valence-corrected chi connectivity index (χ0v) is 25.3. The summed E-state index contributed by atoms with van der Waals surface area (Å²) in [5, 5.41) is 3.15. The van der Waals surface area contributed by atoms with Crippen molar-refractivity contribution in [3.8, 4) is 11.1 Å². The van der Waals surface area contributed by atoms with Crippen molar-refractivity contribution in [2.75, 3.05) is 36.1 Å². The van der Waals surface area contributed by atoms with E-state index in [1.54, 1.807) is 31.7 Å². The molecular formula is C31H38N4O5S. The average molecular weight is 579 g/mol. The predicted octanol–water partition coefficient (Wildman–Crippen LogP) is 6.56. The SMILES string of the molecule is CC(C)(C)OC(=O)NN(C(=O)c1cc(N2CCN(C(=O)OC(C)(C)C)CC2)cs1)c1cccc(-c2ccccc2)c1. The molecule has 4 rings (SSSR count). The normalized spacial score (nSPS) is 13.9. The van der Waals surface area contributed by atoms with E-state index < -0.39 is 17.3 Å². The van der Waals surface area contributed by atoms with E-state index in [2.05, 4.69) is 10.3 Å². The minimum Gasteiger partial charge on any atom is -0.444 e. The predicted molar refractivity (Wildman–Crippen MR) is 162 cm³/mol. The Morgan fingerprint density at radius 3 is 2.07 bits per heavy atom. The first-order chi connectivity index (χ1) is 19.3. The van der Waals surface area contributed by atoms with Crippen molar-refractivity contribution < 1.29 is 23.9 Å². The summed E-state index contributed by atoms with van der Waals surface area (Å²) in [5.74, 6) is -0.385. The van der Waals surface area contributed by atoms with Crippen molar-refractivity contribution in [3.05, 3.63) is 70.9 Å². The van der Waals surface area contributed by atoms with Crippen LogP contribution >= 0.6 is 11.3 Å². The summed E-state index contributed by atoms with van der Waals surface area (Å²) in [7, 11) is 0. The Kier molecular flexibility index (Phi) is 8.92. The maximum absolute atomic E-state index is 13.8. The molecule has 41 heavy (non-hydrogen) atoms. The smallest absolute Gasteiger partial charge is 0.427 e. The second-order valence-electron chi connectivity index (χ2n) is 11.8. The number of carbonyl (C=O) groups excluding carboxylic acids is 3. The van der Waals surface area contributed by atoms with Gasteiger partial charge < -0.3 is 19.3 Å². The van der Waals surface area contributed by atoms with E-state index in [1.807, 2.05) is 80.7 Å². The first-order valence-corrected chi connectivity index (χ1v) is 14.5. The molecule has 3 amide bonds. The fourth-order valence-corrected chi connectivity index (χ4v) is 5.11. The third kappa shape index (κ3) is 8.23. The standard InChI is InChI=1S/C31H38N4O5S/c1-30(2,3)39-28(37)32-35(24-14-10-13-23(19-24)22-11-8-7-9-12-22)27(36)26-20-25(21-41-26)33-15-17-34(18-16-33)29(38)40-31(4,5)6/h7-14,19-21H,15-18H2,1-6H3,(H,32,37). The van der Waals surface area contributed by atoms with Crippen LogP contribution in [0, 0.1) is 0 Å². The average Bonchev–Trinajstić information content (AvgIpc) is 3.41. The van der Waals surface area contributed by atoms with E-state index in [4.69, 9.17) is 9.47 Å². The quantitative estimate of drug-likeness (QED) is 0.353. The Labute approximate surface area is 245 Å². The molecule has 218 valence electrons. The highest BCUT2D eigenvalue weighted by molar-refractivity contribution is 7.12. The molecule has 2 aromatic carbocycles. The van der Waals surface area contributed by atoms with Crippen LogP contribution in [0.5, 0.6) is 0 Å². The van der Waals surface area contributed by atoms with Crippen LogP contribution < -0.4 is 15.3 Å². The first kappa shape index (κ1) is 29.9. The van der Waals surface area contributed by atoms with Crippen molar-refractivity contribution in [1.29, 1.82) is 0 Å². The van der Waals surface area contributed by atoms with Gasteiger partial charge in [0.25, 0.3) is 5.91 Å². The van der Waals surface area contributed by atoms with Crippen LogP contribution in [-0.2, 0) is 9.47 Å². The molecule has 2 heterocycles. The highest BCUT2D eigenvalue weighted by Gasteiger charge is 2.28. The summed E-state index contributed by atoms with van der Waals surface area (Å²) in [5.41, 5.74) is 4.65. The fraction of sp³-hybridized carbons (Fsp3) is 0.387. The van der Waals surface area contributed by atoms with Crippen molar-refractivity contribution in [1.82, 2.24) is 10.3 Å². The Hall–Kier alpha value is -4.05. The lowest BCUT2D eigenvalue weighted by atomic mass is 10.1. The zero-order valence-electron chi connectivity index (χ0n) is 24.5. The van der Waals surface area contributed by atoms with Crippen molar-refractivity contribution in [2.45, 2.75) is 52.7 Å². The fourth-order valence-electron chi connectivity index (χ4n) is 4.27. The van der Waals surface area contributed by atoms with Gasteiger partial charge in [0, 0.05) is 37.2 Å². The molecule has 10 heteroatoms. The zero-order chi connectivity index (χ0) is 29.8. The molecule has 0 saturated carbocycles. The number of nitrogens with zero attached hydrogens (tertiary/aromatic N) is 3. The van der Waals surface area contributed by atoms with Crippen LogP contribution in [0.3, 0.4) is 0 Å². The van der Waals surface area contributed by atoms with Gasteiger partial charge in [-0.3, -0.25) is 4.79 Å². The van der Waals surface area contributed by atoms with Gasteiger partial charge >= 0.3 is 12.2 Å². The van der Waals surface area contributed by atoms with Crippen LogP contribution in [0.1, 0.15) is 51.2 Å². The summed E-state index contributed by atoms with van der Waals surface area (Å²) in [6.45, 7) is 13.1. The number of hydrogen-bond donors (Lipinski definition) is 1. The first-order valence-electron chi connectivity index (χ1n) is 13.6. The van der Waals surface area contributed by atoms with E-state index in [0.717, 1.165) is 16.8 Å². The second-order valence-corrected chi connectivity index (χ2v) is 12.7. The van der Waals surface area contributed by atoms with Crippen molar-refractivity contribution >= 4 is 40.8 Å².